The van der Waals surface area contributed by atoms with Crippen molar-refractivity contribution < 1.29 is 14.4 Å². The number of amides is 3. The second kappa shape index (κ2) is 9.69. The van der Waals surface area contributed by atoms with Gasteiger partial charge in [0.2, 0.25) is 11.8 Å². The zero-order valence-corrected chi connectivity index (χ0v) is 15.7. The van der Waals surface area contributed by atoms with Crippen molar-refractivity contribution in [2.45, 2.75) is 32.2 Å². The molecule has 3 amide bonds. The first kappa shape index (κ1) is 19.6. The molecule has 0 saturated heterocycles. The topological polar surface area (TPSA) is 87.3 Å². The van der Waals surface area contributed by atoms with Crippen LogP contribution < -0.4 is 16.0 Å². The number of carbonyl (C=O) groups excluding carboxylic acids is 3. The normalized spacial score (nSPS) is 13.7. The number of carbonyl (C=O) groups is 3. The number of hydrogen-bond donors (Lipinski definition) is 3. The van der Waals surface area contributed by atoms with Gasteiger partial charge in [0.25, 0.3) is 5.91 Å². The fraction of sp³-hybridized carbons (Fsp3) is 0.318. The lowest BCUT2D eigenvalue weighted by atomic mass is 10.1. The summed E-state index contributed by atoms with van der Waals surface area (Å²) < 4.78 is 0. The summed E-state index contributed by atoms with van der Waals surface area (Å²) in [6.45, 7) is 0.235. The maximum absolute atomic E-state index is 12.2. The summed E-state index contributed by atoms with van der Waals surface area (Å²) in [7, 11) is 0. The van der Waals surface area contributed by atoms with E-state index in [0.717, 1.165) is 36.9 Å². The predicted molar refractivity (Wildman–Crippen MR) is 108 cm³/mol. The van der Waals surface area contributed by atoms with E-state index in [1.54, 1.807) is 24.3 Å². The van der Waals surface area contributed by atoms with Gasteiger partial charge in [-0.1, -0.05) is 43.2 Å². The maximum atomic E-state index is 12.2. The molecule has 1 fully saturated rings. The summed E-state index contributed by atoms with van der Waals surface area (Å²) in [5.74, 6) is -0.379. The van der Waals surface area contributed by atoms with Crippen LogP contribution in [0.3, 0.4) is 0 Å². The fourth-order valence-corrected chi connectivity index (χ4v) is 3.31. The van der Waals surface area contributed by atoms with Crippen molar-refractivity contribution in [2.75, 3.05) is 11.9 Å². The van der Waals surface area contributed by atoms with E-state index >= 15 is 0 Å². The third-order valence-electron chi connectivity index (χ3n) is 4.86. The molecule has 1 saturated carbocycles. The largest absolute Gasteiger partial charge is 0.350 e. The predicted octanol–water partition coefficient (Wildman–Crippen LogP) is 2.86. The molecule has 6 nitrogen and oxygen atoms in total. The van der Waals surface area contributed by atoms with Gasteiger partial charge in [0.1, 0.15) is 0 Å². The molecule has 0 bridgehead atoms. The van der Waals surface area contributed by atoms with Crippen molar-refractivity contribution >= 4 is 23.4 Å². The van der Waals surface area contributed by atoms with Crippen LogP contribution >= 0.6 is 0 Å². The van der Waals surface area contributed by atoms with Gasteiger partial charge in [0.15, 0.2) is 0 Å². The average molecular weight is 379 g/mol. The summed E-state index contributed by atoms with van der Waals surface area (Å²) >= 11 is 0. The molecule has 28 heavy (non-hydrogen) atoms. The Balaban J connectivity index is 1.44. The van der Waals surface area contributed by atoms with Crippen LogP contribution in [0.4, 0.5) is 5.69 Å². The third kappa shape index (κ3) is 5.67. The Hall–Kier alpha value is -3.15. The molecule has 1 aliphatic rings. The van der Waals surface area contributed by atoms with Crippen molar-refractivity contribution in [3.05, 3.63) is 65.7 Å². The molecular formula is C22H25N3O3. The highest BCUT2D eigenvalue weighted by molar-refractivity contribution is 5.96. The van der Waals surface area contributed by atoms with Gasteiger partial charge in [0.05, 0.1) is 6.54 Å². The molecule has 0 atom stereocenters. The molecule has 0 aromatic heterocycles. The molecule has 1 aliphatic carbocycles. The van der Waals surface area contributed by atoms with E-state index < -0.39 is 0 Å². The van der Waals surface area contributed by atoms with Crippen molar-refractivity contribution in [1.29, 1.82) is 0 Å². The Morgan fingerprint density at radius 2 is 1.64 bits per heavy atom. The van der Waals surface area contributed by atoms with Crippen LogP contribution in [-0.2, 0) is 16.1 Å². The van der Waals surface area contributed by atoms with E-state index in [1.165, 1.54) is 0 Å². The first-order chi connectivity index (χ1) is 13.6. The van der Waals surface area contributed by atoms with Gasteiger partial charge in [-0.05, 0) is 42.7 Å². The highest BCUT2D eigenvalue weighted by Gasteiger charge is 2.22. The van der Waals surface area contributed by atoms with Gasteiger partial charge in [-0.3, -0.25) is 14.4 Å². The molecule has 2 aromatic rings. The Morgan fingerprint density at radius 1 is 0.893 bits per heavy atom. The van der Waals surface area contributed by atoms with Crippen LogP contribution in [0.15, 0.2) is 54.6 Å². The van der Waals surface area contributed by atoms with Gasteiger partial charge < -0.3 is 16.0 Å². The van der Waals surface area contributed by atoms with E-state index in [9.17, 15) is 14.4 Å². The monoisotopic (exact) mass is 379 g/mol. The van der Waals surface area contributed by atoms with E-state index in [2.05, 4.69) is 16.0 Å². The van der Waals surface area contributed by atoms with Crippen LogP contribution in [0.5, 0.6) is 0 Å². The molecule has 0 radical (unpaired) electrons. The number of anilines is 1. The Bertz CT molecular complexity index is 830. The van der Waals surface area contributed by atoms with Crippen LogP contribution in [-0.4, -0.2) is 24.3 Å². The summed E-state index contributed by atoms with van der Waals surface area (Å²) in [5.41, 5.74) is 2.13. The first-order valence-corrected chi connectivity index (χ1v) is 9.61. The second-order valence-corrected chi connectivity index (χ2v) is 7.00. The minimum absolute atomic E-state index is 0.0716. The van der Waals surface area contributed by atoms with Gasteiger partial charge >= 0.3 is 0 Å². The SMILES string of the molecule is O=C(CNC(=O)c1ccccc1)NCc1cccc(NC(=O)C2CCCC2)c1. The lowest BCUT2D eigenvalue weighted by molar-refractivity contribution is -0.120. The summed E-state index contributed by atoms with van der Waals surface area (Å²) in [6, 6.07) is 16.2. The molecule has 0 aliphatic heterocycles. The van der Waals surface area contributed by atoms with Crippen LogP contribution in [0, 0.1) is 5.92 Å². The number of benzene rings is 2. The molecule has 146 valence electrons. The molecule has 0 heterocycles. The Labute approximate surface area is 164 Å². The van der Waals surface area contributed by atoms with Crippen LogP contribution in [0.1, 0.15) is 41.6 Å². The highest BCUT2D eigenvalue weighted by atomic mass is 16.2. The molecule has 0 unspecified atom stereocenters. The summed E-state index contributed by atoms with van der Waals surface area (Å²) in [6.07, 6.45) is 4.14. The average Bonchev–Trinajstić information content (AvgIpc) is 3.26. The zero-order chi connectivity index (χ0) is 19.8. The van der Waals surface area contributed by atoms with Gasteiger partial charge in [-0.2, -0.15) is 0 Å². The molecule has 0 spiro atoms. The minimum Gasteiger partial charge on any atom is -0.350 e. The molecule has 3 N–H and O–H groups in total. The number of hydrogen-bond acceptors (Lipinski definition) is 3. The Morgan fingerprint density at radius 3 is 2.39 bits per heavy atom. The standard InChI is InChI=1S/C22H25N3O3/c26-20(15-24-21(27)17-8-2-1-3-9-17)23-14-16-7-6-12-19(13-16)25-22(28)18-10-4-5-11-18/h1-3,6-9,12-13,18H,4-5,10-11,14-15H2,(H,23,26)(H,24,27)(H,25,28). The van der Waals surface area contributed by atoms with E-state index in [-0.39, 0.29) is 30.2 Å². The minimum atomic E-state index is -0.285. The lowest BCUT2D eigenvalue weighted by Crippen LogP contribution is -2.36. The summed E-state index contributed by atoms with van der Waals surface area (Å²) in [4.78, 5) is 36.2. The van der Waals surface area contributed by atoms with Crippen LogP contribution in [0.2, 0.25) is 0 Å². The maximum Gasteiger partial charge on any atom is 0.251 e. The van der Waals surface area contributed by atoms with E-state index in [0.29, 0.717) is 12.1 Å². The number of nitrogens with one attached hydrogen (secondary N) is 3. The number of rotatable bonds is 7. The van der Waals surface area contributed by atoms with Crippen LogP contribution in [0.25, 0.3) is 0 Å². The quantitative estimate of drug-likeness (QED) is 0.691. The van der Waals surface area contributed by atoms with E-state index in [4.69, 9.17) is 0 Å². The fourth-order valence-electron chi connectivity index (χ4n) is 3.31. The molecular weight excluding hydrogens is 354 g/mol. The first-order valence-electron chi connectivity index (χ1n) is 9.61. The highest BCUT2D eigenvalue weighted by Crippen LogP contribution is 2.26. The van der Waals surface area contributed by atoms with E-state index in [1.807, 2.05) is 30.3 Å². The molecule has 6 heteroatoms. The van der Waals surface area contributed by atoms with Crippen molar-refractivity contribution in [3.8, 4) is 0 Å². The second-order valence-electron chi connectivity index (χ2n) is 7.00. The van der Waals surface area contributed by atoms with Gasteiger partial charge in [0, 0.05) is 23.7 Å². The van der Waals surface area contributed by atoms with Crippen molar-refractivity contribution in [2.24, 2.45) is 5.92 Å². The van der Waals surface area contributed by atoms with Gasteiger partial charge in [-0.15, -0.1) is 0 Å². The zero-order valence-electron chi connectivity index (χ0n) is 15.7. The third-order valence-corrected chi connectivity index (χ3v) is 4.86. The molecule has 3 rings (SSSR count). The lowest BCUT2D eigenvalue weighted by Gasteiger charge is -2.12. The molecule has 2 aromatic carbocycles. The smallest absolute Gasteiger partial charge is 0.251 e. The summed E-state index contributed by atoms with van der Waals surface area (Å²) in [5, 5.41) is 8.33. The van der Waals surface area contributed by atoms with Gasteiger partial charge in [-0.25, -0.2) is 0 Å². The van der Waals surface area contributed by atoms with Crippen molar-refractivity contribution in [3.63, 3.8) is 0 Å². The van der Waals surface area contributed by atoms with Crippen molar-refractivity contribution in [1.82, 2.24) is 10.6 Å². The Kier molecular flexibility index (Phi) is 6.78.